The SMILES string of the molecule is [2H]c1nc2c([N+]#N)c([2H])c([2H])c([2H])c2c([2H])c1[2H]. The molecule has 0 spiro atoms. The zero-order valence-electron chi connectivity index (χ0n) is 11.8. The molecule has 0 aliphatic heterocycles. The number of diazo groups is 1. The van der Waals surface area contributed by atoms with Gasteiger partial charge in [0.15, 0.2) is 10.5 Å². The molecule has 1 aromatic carbocycles. The van der Waals surface area contributed by atoms with E-state index in [4.69, 9.17) is 13.6 Å². The monoisotopic (exact) mass is 162 g/mol. The molecule has 12 heavy (non-hydrogen) atoms. The minimum absolute atomic E-state index is 0.162. The molecule has 0 saturated carbocycles. The quantitative estimate of drug-likeness (QED) is 0.559. The predicted molar refractivity (Wildman–Crippen MR) is 46.5 cm³/mol. The summed E-state index contributed by atoms with van der Waals surface area (Å²) in [7, 11) is 0. The van der Waals surface area contributed by atoms with Crippen molar-refractivity contribution < 1.29 is 8.22 Å². The van der Waals surface area contributed by atoms with Crippen molar-refractivity contribution in [2.45, 2.75) is 0 Å². The van der Waals surface area contributed by atoms with Gasteiger partial charge >= 0.3 is 5.69 Å². The molecule has 0 atom stereocenters. The Morgan fingerprint density at radius 3 is 3.00 bits per heavy atom. The van der Waals surface area contributed by atoms with E-state index in [-0.39, 0.29) is 16.6 Å². The maximum absolute atomic E-state index is 8.83. The largest absolute Gasteiger partial charge is 0.410 e. The maximum atomic E-state index is 8.83. The summed E-state index contributed by atoms with van der Waals surface area (Å²) in [6.07, 6.45) is -0.506. The van der Waals surface area contributed by atoms with Gasteiger partial charge < -0.3 is 0 Å². The van der Waals surface area contributed by atoms with E-state index in [0.717, 1.165) is 0 Å². The zero-order chi connectivity index (χ0) is 13.6. The summed E-state index contributed by atoms with van der Waals surface area (Å²) in [5.41, 5.74) is -0.553. The van der Waals surface area contributed by atoms with E-state index < -0.39 is 36.4 Å². The summed E-state index contributed by atoms with van der Waals surface area (Å²) in [5.74, 6) is 0. The van der Waals surface area contributed by atoms with Crippen LogP contribution in [0.4, 0.5) is 5.69 Å². The fourth-order valence-corrected chi connectivity index (χ4v) is 0.836. The van der Waals surface area contributed by atoms with Crippen LogP contribution in [-0.2, 0) is 0 Å². The predicted octanol–water partition coefficient (Wildman–Crippen LogP) is 2.72. The first kappa shape index (κ1) is 2.83. The molecule has 0 fully saturated rings. The number of nitrogens with zero attached hydrogens (tertiary/aromatic N) is 3. The molecule has 0 bridgehead atoms. The van der Waals surface area contributed by atoms with Gasteiger partial charge in [0.05, 0.1) is 8.22 Å². The molecule has 0 unspecified atom stereocenters. The first-order chi connectivity index (χ1) is 8.40. The van der Waals surface area contributed by atoms with E-state index in [2.05, 4.69) is 9.96 Å². The molecule has 0 radical (unpaired) electrons. The number of pyridine rings is 1. The summed E-state index contributed by atoms with van der Waals surface area (Å²) in [6.45, 7) is 0. The number of benzene rings is 1. The van der Waals surface area contributed by atoms with Crippen molar-refractivity contribution >= 4 is 16.6 Å². The van der Waals surface area contributed by atoms with Crippen molar-refractivity contribution in [2.24, 2.45) is 0 Å². The summed E-state index contributed by atoms with van der Waals surface area (Å²) < 4.78 is 45.3. The van der Waals surface area contributed by atoms with Crippen LogP contribution in [0.1, 0.15) is 8.22 Å². The van der Waals surface area contributed by atoms with Crippen LogP contribution < -0.4 is 0 Å². The fraction of sp³-hybridized carbons (Fsp3) is 0. The smallest absolute Gasteiger partial charge is 0.248 e. The summed E-state index contributed by atoms with van der Waals surface area (Å²) in [6, 6.07) is -2.36. The Bertz CT molecular complexity index is 713. The lowest BCUT2D eigenvalue weighted by Gasteiger charge is -1.89. The van der Waals surface area contributed by atoms with Crippen molar-refractivity contribution in [3.63, 3.8) is 0 Å². The van der Waals surface area contributed by atoms with Gasteiger partial charge in [-0.2, -0.15) is 0 Å². The Morgan fingerprint density at radius 2 is 2.17 bits per heavy atom. The Labute approximate surface area is 77.7 Å². The Hall–Kier alpha value is -1.95. The van der Waals surface area contributed by atoms with E-state index in [0.29, 0.717) is 0 Å². The number of fused-ring (bicyclic) bond motifs is 1. The van der Waals surface area contributed by atoms with Crippen LogP contribution in [0.5, 0.6) is 0 Å². The molecule has 0 saturated heterocycles. The van der Waals surface area contributed by atoms with Crippen molar-refractivity contribution in [2.75, 3.05) is 0 Å². The molecular formula is C9H6N3+. The lowest BCUT2D eigenvalue weighted by atomic mass is 10.2. The molecule has 0 N–H and O–H groups in total. The average molecular weight is 162 g/mol. The number of rotatable bonds is 0. The second-order valence-corrected chi connectivity index (χ2v) is 2.02. The van der Waals surface area contributed by atoms with Crippen LogP contribution in [0.25, 0.3) is 15.9 Å². The van der Waals surface area contributed by atoms with E-state index in [9.17, 15) is 0 Å². The van der Waals surface area contributed by atoms with Gasteiger partial charge in [-0.25, -0.2) is 4.98 Å². The highest BCUT2D eigenvalue weighted by molar-refractivity contribution is 5.90. The van der Waals surface area contributed by atoms with Gasteiger partial charge in [-0.1, -0.05) is 18.1 Å². The molecule has 2 aromatic rings. The van der Waals surface area contributed by atoms with Crippen LogP contribution in [0, 0.1) is 5.39 Å². The highest BCUT2D eigenvalue weighted by Crippen LogP contribution is 2.22. The zero-order valence-corrected chi connectivity index (χ0v) is 5.84. The summed E-state index contributed by atoms with van der Waals surface area (Å²) >= 11 is 0. The first-order valence-corrected chi connectivity index (χ1v) is 3.12. The third-order valence-electron chi connectivity index (χ3n) is 1.34. The number of hydrogen-bond donors (Lipinski definition) is 0. The van der Waals surface area contributed by atoms with Gasteiger partial charge in [-0.05, 0) is 6.04 Å². The number of aromatic nitrogens is 1. The van der Waals surface area contributed by atoms with Crippen molar-refractivity contribution in [3.05, 3.63) is 41.4 Å². The highest BCUT2D eigenvalue weighted by Gasteiger charge is 2.10. The van der Waals surface area contributed by atoms with Gasteiger partial charge in [-0.15, -0.1) is 0 Å². The molecule has 2 rings (SSSR count). The van der Waals surface area contributed by atoms with Crippen LogP contribution in [-0.4, -0.2) is 4.98 Å². The fourth-order valence-electron chi connectivity index (χ4n) is 0.836. The third kappa shape index (κ3) is 0.903. The molecule has 0 amide bonds. The average Bonchev–Trinajstić information content (AvgIpc) is 2.34. The van der Waals surface area contributed by atoms with Crippen molar-refractivity contribution in [1.82, 2.24) is 4.98 Å². The van der Waals surface area contributed by atoms with Crippen molar-refractivity contribution in [1.29, 1.82) is 5.39 Å². The van der Waals surface area contributed by atoms with Gasteiger partial charge in [0.2, 0.25) is 5.39 Å². The molecule has 3 nitrogen and oxygen atoms in total. The number of hydrogen-bond acceptors (Lipinski definition) is 2. The van der Waals surface area contributed by atoms with E-state index in [1.54, 1.807) is 0 Å². The second-order valence-electron chi connectivity index (χ2n) is 2.02. The normalized spacial score (nSPS) is 16.6. The minimum atomic E-state index is -0.511. The Morgan fingerprint density at radius 1 is 1.33 bits per heavy atom. The van der Waals surface area contributed by atoms with Crippen LogP contribution >= 0.6 is 0 Å². The number of para-hydroxylation sites is 1. The molecular weight excluding hydrogens is 150 g/mol. The van der Waals surface area contributed by atoms with Gasteiger partial charge in [0.25, 0.3) is 0 Å². The molecule has 56 valence electrons. The lowest BCUT2D eigenvalue weighted by Crippen LogP contribution is -1.75. The molecule has 0 aliphatic carbocycles. The highest BCUT2D eigenvalue weighted by atomic mass is 14.9. The standard InChI is InChI=1S/C9H6N3/c10-12-8-5-1-3-7-4-2-6-11-9(7)8/h1-6H/q+1/i1D,2D,3D,4D,5D,6D. The molecule has 0 aliphatic rings. The third-order valence-corrected chi connectivity index (χ3v) is 1.34. The summed E-state index contributed by atoms with van der Waals surface area (Å²) in [5, 5.41) is 8.67. The lowest BCUT2D eigenvalue weighted by molar-refractivity contribution is 1.40. The molecule has 1 aromatic heterocycles. The molecule has 1 heterocycles. The van der Waals surface area contributed by atoms with Crippen molar-refractivity contribution in [3.8, 4) is 0 Å². The van der Waals surface area contributed by atoms with Gasteiger partial charge in [0.1, 0.15) is 0 Å². The van der Waals surface area contributed by atoms with E-state index >= 15 is 0 Å². The Kier molecular flexibility index (Phi) is 0.611. The van der Waals surface area contributed by atoms with Crippen LogP contribution in [0.2, 0.25) is 0 Å². The van der Waals surface area contributed by atoms with E-state index in [1.807, 2.05) is 0 Å². The maximum Gasteiger partial charge on any atom is 0.410 e. The Balaban J connectivity index is 3.17. The summed E-state index contributed by atoms with van der Waals surface area (Å²) in [4.78, 5) is 6.48. The van der Waals surface area contributed by atoms with Gasteiger partial charge in [0, 0.05) is 17.6 Å². The van der Waals surface area contributed by atoms with Crippen LogP contribution in [0.15, 0.2) is 36.4 Å². The van der Waals surface area contributed by atoms with Gasteiger partial charge in [-0.3, -0.25) is 0 Å². The first-order valence-electron chi connectivity index (χ1n) is 6.12. The van der Waals surface area contributed by atoms with Crippen LogP contribution in [0.3, 0.4) is 0 Å². The topological polar surface area (TPSA) is 41.0 Å². The minimum Gasteiger partial charge on any atom is -0.248 e. The van der Waals surface area contributed by atoms with E-state index in [1.165, 1.54) is 0 Å². The molecule has 3 heteroatoms. The second kappa shape index (κ2) is 2.59.